The fourth-order valence-electron chi connectivity index (χ4n) is 0. The fourth-order valence-corrected chi connectivity index (χ4v) is 0. The molecule has 0 saturated heterocycles. The summed E-state index contributed by atoms with van der Waals surface area (Å²) < 4.78 is 0. The van der Waals surface area contributed by atoms with E-state index in [1.54, 1.807) is 0 Å². The van der Waals surface area contributed by atoms with Crippen molar-refractivity contribution in [2.24, 2.45) is 0 Å². The van der Waals surface area contributed by atoms with Gasteiger partial charge in [0.2, 0.25) is 0 Å². The molecule has 0 aromatic rings. The van der Waals surface area contributed by atoms with Crippen LogP contribution in [0.4, 0.5) is 0 Å². The molecule has 37 valence electrons. The Kier molecular flexibility index (Phi) is 24.9. The topological polar surface area (TPSA) is 66.2 Å². The van der Waals surface area contributed by atoms with E-state index in [0.717, 1.165) is 0 Å². The second-order valence-corrected chi connectivity index (χ2v) is 0.224. The zero-order valence-electron chi connectivity index (χ0n) is 2.01. The number of rotatable bonds is 0. The number of hydrogen-bond donors (Lipinski definition) is 0. The molecule has 0 N–H and O–H groups in total. The van der Waals surface area contributed by atoms with Crippen molar-refractivity contribution in [3.63, 3.8) is 0 Å². The molecule has 0 saturated carbocycles. The molecule has 0 atom stereocenters. The predicted molar refractivity (Wildman–Crippen MR) is 18.9 cm³/mol. The van der Waals surface area contributed by atoms with Gasteiger partial charge in [0.25, 0.3) is 0 Å². The zero-order chi connectivity index (χ0) is 3.58. The van der Waals surface area contributed by atoms with Crippen LogP contribution in [0.2, 0.25) is 0 Å². The van der Waals surface area contributed by atoms with Crippen LogP contribution in [0.5, 0.6) is 0 Å². The average Bonchev–Trinajstić information content (AvgIpc) is 0.811. The van der Waals surface area contributed by atoms with Crippen LogP contribution in [-0.2, 0) is 0 Å². The van der Waals surface area contributed by atoms with Crippen LogP contribution in [0.15, 0.2) is 0 Å². The average molecular weight is 247 g/mol. The first-order valence-electron chi connectivity index (χ1n) is 0.548. The summed E-state index contributed by atoms with van der Waals surface area (Å²) in [7, 11) is 0. The molecule has 0 rings (SSSR count). The van der Waals surface area contributed by atoms with E-state index >= 15 is 0 Å². The maximum atomic E-state index is 8.25. The zero-order valence-corrected chi connectivity index (χ0v) is 4.14. The van der Waals surface area contributed by atoms with Gasteiger partial charge in [0.05, 0.1) is 5.09 Å². The van der Waals surface area contributed by atoms with Crippen molar-refractivity contribution in [3.8, 4) is 0 Å². The summed E-state index contributed by atoms with van der Waals surface area (Å²) in [5.41, 5.74) is 0. The Balaban J connectivity index is -0.0000000450. The van der Waals surface area contributed by atoms with Crippen LogP contribution in [0.3, 0.4) is 0 Å². The van der Waals surface area contributed by atoms with E-state index in [1.807, 2.05) is 0 Å². The summed E-state index contributed by atoms with van der Waals surface area (Å²) in [6.45, 7) is 0. The minimum absolute atomic E-state index is 0. The van der Waals surface area contributed by atoms with Crippen LogP contribution in [-0.4, -0.2) is 28.1 Å². The molecule has 0 aliphatic carbocycles. The largest absolute Gasteiger partial charge is 0.356 e. The molecule has 6 heteroatoms. The van der Waals surface area contributed by atoms with Gasteiger partial charge in [-0.05, 0) is 0 Å². The summed E-state index contributed by atoms with van der Waals surface area (Å²) in [4.78, 5) is 8.25. The smallest absolute Gasteiger partial charge is 0.316 e. The number of hydrogen-bond acceptors (Lipinski definition) is 3. The molecule has 4 nitrogen and oxygen atoms in total. The van der Waals surface area contributed by atoms with E-state index in [2.05, 4.69) is 0 Å². The van der Waals surface area contributed by atoms with Crippen molar-refractivity contribution in [2.45, 2.75) is 0 Å². The third-order valence-corrected chi connectivity index (χ3v) is 0. The van der Waals surface area contributed by atoms with Gasteiger partial charge in [-0.1, -0.05) is 0 Å². The molecule has 0 aromatic carbocycles. The van der Waals surface area contributed by atoms with Crippen LogP contribution < -0.4 is 0 Å². The molecule has 0 unspecified atom stereocenters. The van der Waals surface area contributed by atoms with Gasteiger partial charge in [-0.15, -0.1) is 0 Å². The number of nitrogens with zero attached hydrogens (tertiary/aromatic N) is 1. The Morgan fingerprint density at radius 2 is 1.33 bits per heavy atom. The van der Waals surface area contributed by atoms with Gasteiger partial charge in [0, 0.05) is 38.6 Å². The molecule has 0 aromatic heterocycles. The Bertz CT molecular complexity index is 33.8. The van der Waals surface area contributed by atoms with Crippen LogP contribution in [0, 0.1) is 53.9 Å². The Morgan fingerprint density at radius 1 is 1.33 bits per heavy atom. The van der Waals surface area contributed by atoms with Gasteiger partial charge >= 0.3 is 23.1 Å². The molecule has 1 radical (unpaired) electrons. The van der Waals surface area contributed by atoms with Crippen molar-refractivity contribution in [1.29, 1.82) is 0 Å². The molecule has 0 aliphatic rings. The second kappa shape index (κ2) is 9.54. The van der Waals surface area contributed by atoms with Crippen molar-refractivity contribution in [1.82, 2.24) is 0 Å². The molecule has 0 fully saturated rings. The summed E-state index contributed by atoms with van der Waals surface area (Å²) in [5.74, 6) is 0. The maximum absolute atomic E-state index is 8.25. The second-order valence-electron chi connectivity index (χ2n) is 0.224. The van der Waals surface area contributed by atoms with E-state index in [-0.39, 0.29) is 61.7 Å². The fraction of sp³-hybridized carbons (Fsp3) is 0. The standard InChI is InChI=1S/Mg.NO3.Tb.2H/c;2-1(3)4;;;/q;-1;;;. The Labute approximate surface area is 81.0 Å². The van der Waals surface area contributed by atoms with Crippen molar-refractivity contribution >= 4 is 23.1 Å². The van der Waals surface area contributed by atoms with Gasteiger partial charge in [-0.25, -0.2) is 0 Å². The summed E-state index contributed by atoms with van der Waals surface area (Å²) in [6, 6.07) is 0. The summed E-state index contributed by atoms with van der Waals surface area (Å²) >= 11 is 0. The van der Waals surface area contributed by atoms with Gasteiger partial charge in [-0.3, -0.25) is 0 Å². The van der Waals surface area contributed by atoms with Crippen LogP contribution >= 0.6 is 0 Å². The minimum atomic E-state index is -1.75. The third kappa shape index (κ3) is 60.6. The van der Waals surface area contributed by atoms with Crippen molar-refractivity contribution < 1.29 is 43.7 Å². The molecule has 0 amide bonds. The van der Waals surface area contributed by atoms with E-state index in [0.29, 0.717) is 0 Å². The van der Waals surface area contributed by atoms with Crippen LogP contribution in [0.1, 0.15) is 0 Å². The summed E-state index contributed by atoms with van der Waals surface area (Å²) in [6.07, 6.45) is 0. The quantitative estimate of drug-likeness (QED) is 0.308. The normalized spacial score (nSPS) is 4.00. The molecule has 0 heterocycles. The molecule has 6 heavy (non-hydrogen) atoms. The SMILES string of the molecule is O=[N+]([O-])[O-].[MgH2].[Tb]. The Morgan fingerprint density at radius 3 is 1.33 bits per heavy atom. The van der Waals surface area contributed by atoms with Gasteiger partial charge in [0.15, 0.2) is 0 Å². The molecule has 0 spiro atoms. The minimum Gasteiger partial charge on any atom is -0.356 e. The molecular weight excluding hydrogens is 245 g/mol. The van der Waals surface area contributed by atoms with Gasteiger partial charge in [-0.2, -0.15) is 0 Å². The predicted octanol–water partition coefficient (Wildman–Crippen LogP) is -1.16. The summed E-state index contributed by atoms with van der Waals surface area (Å²) in [5, 5.41) is 14.8. The monoisotopic (exact) mass is 247 g/mol. The van der Waals surface area contributed by atoms with E-state index < -0.39 is 5.09 Å². The first-order valence-corrected chi connectivity index (χ1v) is 0.548. The van der Waals surface area contributed by atoms with Crippen LogP contribution in [0.25, 0.3) is 0 Å². The molecular formula is H2MgNO3Tb-. The Hall–Kier alpha value is 1.25. The third-order valence-electron chi connectivity index (χ3n) is 0. The van der Waals surface area contributed by atoms with Gasteiger partial charge < -0.3 is 15.3 Å². The van der Waals surface area contributed by atoms with Crippen molar-refractivity contribution in [3.05, 3.63) is 15.3 Å². The first kappa shape index (κ1) is 15.7. The van der Waals surface area contributed by atoms with E-state index in [4.69, 9.17) is 15.3 Å². The van der Waals surface area contributed by atoms with Gasteiger partial charge in [0.1, 0.15) is 0 Å². The van der Waals surface area contributed by atoms with Crippen molar-refractivity contribution in [2.75, 3.05) is 0 Å². The first-order chi connectivity index (χ1) is 1.73. The van der Waals surface area contributed by atoms with E-state index in [1.165, 1.54) is 0 Å². The molecule has 0 bridgehead atoms. The van der Waals surface area contributed by atoms with E-state index in [9.17, 15) is 0 Å². The molecule has 0 aliphatic heterocycles. The maximum Gasteiger partial charge on any atom is 0.316 e.